The van der Waals surface area contributed by atoms with Crippen molar-refractivity contribution in [1.29, 1.82) is 0 Å². The summed E-state index contributed by atoms with van der Waals surface area (Å²) in [6.07, 6.45) is 0.364. The van der Waals surface area contributed by atoms with Gasteiger partial charge in [-0.1, -0.05) is 49.4 Å². The van der Waals surface area contributed by atoms with Gasteiger partial charge in [0.2, 0.25) is 11.8 Å². The van der Waals surface area contributed by atoms with Crippen LogP contribution in [0, 0.1) is 0 Å². The van der Waals surface area contributed by atoms with E-state index in [1.54, 1.807) is 54.6 Å². The minimum atomic E-state index is -0.813. The van der Waals surface area contributed by atoms with Gasteiger partial charge in [-0.05, 0) is 43.7 Å². The van der Waals surface area contributed by atoms with Crippen LogP contribution in [0.25, 0.3) is 22.3 Å². The number of rotatable bonds is 8. The maximum atomic E-state index is 13.9. The highest BCUT2D eigenvalue weighted by molar-refractivity contribution is 5.97. The van der Waals surface area contributed by atoms with Gasteiger partial charge in [0.1, 0.15) is 17.5 Å². The van der Waals surface area contributed by atoms with E-state index in [0.717, 1.165) is 0 Å². The second-order valence-electron chi connectivity index (χ2n) is 8.19. The molecule has 8 nitrogen and oxygen atoms in total. The van der Waals surface area contributed by atoms with E-state index < -0.39 is 11.6 Å². The molecule has 0 saturated heterocycles. The molecular weight excluding hydrogens is 456 g/mol. The Bertz CT molecular complexity index is 1480. The molecule has 0 aliphatic rings. The monoisotopic (exact) mass is 484 g/mol. The van der Waals surface area contributed by atoms with Crippen molar-refractivity contribution >= 4 is 34.2 Å². The lowest BCUT2D eigenvalue weighted by Crippen LogP contribution is -2.34. The van der Waals surface area contributed by atoms with Gasteiger partial charge >= 0.3 is 0 Å². The Balaban J connectivity index is 1.86. The van der Waals surface area contributed by atoms with Crippen molar-refractivity contribution < 1.29 is 14.3 Å². The molecule has 0 aliphatic heterocycles. The number of fused-ring (bicyclic) bond motifs is 1. The van der Waals surface area contributed by atoms with Crippen LogP contribution in [-0.4, -0.2) is 28.0 Å². The highest BCUT2D eigenvalue weighted by Gasteiger charge is 2.26. The smallest absolute Gasteiger partial charge is 0.278 e. The number of nitrogens with zero attached hydrogens (tertiary/aromatic N) is 2. The Kier molecular flexibility index (Phi) is 7.44. The van der Waals surface area contributed by atoms with Gasteiger partial charge in [-0.25, -0.2) is 4.98 Å². The Hall–Kier alpha value is -4.46. The molecule has 1 heterocycles. The van der Waals surface area contributed by atoms with E-state index >= 15 is 0 Å². The molecule has 1 atom stereocenters. The molecule has 1 aromatic heterocycles. The number of para-hydroxylation sites is 5. The van der Waals surface area contributed by atoms with E-state index in [4.69, 9.17) is 4.74 Å². The standard InChI is InChI=1S/C28H28N4O4/c1-4-23(27(34)31-22-15-9-11-17-25(22)36-5-2)32-24-16-10-8-14-21(24)30-26(28(32)35)19-12-6-7-13-20(19)29-18(3)33/h6-17,23H,4-5H2,1-3H3,(H,29,33)(H,31,34). The van der Waals surface area contributed by atoms with Gasteiger partial charge < -0.3 is 15.4 Å². The fourth-order valence-electron chi connectivity index (χ4n) is 4.18. The molecular formula is C28H28N4O4. The molecule has 36 heavy (non-hydrogen) atoms. The molecule has 0 spiro atoms. The maximum Gasteiger partial charge on any atom is 0.278 e. The molecule has 0 bridgehead atoms. The first-order valence-corrected chi connectivity index (χ1v) is 11.9. The number of hydrogen-bond acceptors (Lipinski definition) is 5. The minimum Gasteiger partial charge on any atom is -0.492 e. The van der Waals surface area contributed by atoms with Crippen molar-refractivity contribution in [3.63, 3.8) is 0 Å². The molecule has 184 valence electrons. The lowest BCUT2D eigenvalue weighted by Gasteiger charge is -2.22. The van der Waals surface area contributed by atoms with Gasteiger partial charge in [-0.15, -0.1) is 0 Å². The zero-order valence-corrected chi connectivity index (χ0v) is 20.4. The van der Waals surface area contributed by atoms with Crippen LogP contribution < -0.4 is 20.9 Å². The van der Waals surface area contributed by atoms with Gasteiger partial charge in [0.15, 0.2) is 0 Å². The van der Waals surface area contributed by atoms with Crippen LogP contribution in [0.3, 0.4) is 0 Å². The van der Waals surface area contributed by atoms with Crippen molar-refractivity contribution in [2.75, 3.05) is 17.2 Å². The average Bonchev–Trinajstić information content (AvgIpc) is 2.87. The summed E-state index contributed by atoms with van der Waals surface area (Å²) in [4.78, 5) is 43.9. The quantitative estimate of drug-likeness (QED) is 0.366. The normalized spacial score (nSPS) is 11.6. The number of benzene rings is 3. The summed E-state index contributed by atoms with van der Waals surface area (Å²) in [7, 11) is 0. The van der Waals surface area contributed by atoms with Gasteiger partial charge in [-0.3, -0.25) is 19.0 Å². The lowest BCUT2D eigenvalue weighted by atomic mass is 10.1. The average molecular weight is 485 g/mol. The predicted molar refractivity (Wildman–Crippen MR) is 141 cm³/mol. The highest BCUT2D eigenvalue weighted by Crippen LogP contribution is 2.29. The number of nitrogens with one attached hydrogen (secondary N) is 2. The summed E-state index contributed by atoms with van der Waals surface area (Å²) in [5.74, 6) is -0.0494. The van der Waals surface area contributed by atoms with E-state index in [1.807, 2.05) is 32.0 Å². The number of carbonyl (C=O) groups is 2. The zero-order valence-electron chi connectivity index (χ0n) is 20.4. The Labute approximate surface area is 208 Å². The first-order valence-electron chi connectivity index (χ1n) is 11.9. The number of amides is 2. The summed E-state index contributed by atoms with van der Waals surface area (Å²) in [6.45, 7) is 5.58. The van der Waals surface area contributed by atoms with Crippen LogP contribution in [0.5, 0.6) is 5.75 Å². The molecule has 1 unspecified atom stereocenters. The summed E-state index contributed by atoms with van der Waals surface area (Å²) in [6, 6.07) is 20.6. The number of ether oxygens (including phenoxy) is 1. The highest BCUT2D eigenvalue weighted by atomic mass is 16.5. The van der Waals surface area contributed by atoms with Crippen molar-refractivity contribution in [3.05, 3.63) is 83.2 Å². The Morgan fingerprint density at radius 3 is 2.31 bits per heavy atom. The van der Waals surface area contributed by atoms with Crippen molar-refractivity contribution in [2.45, 2.75) is 33.2 Å². The van der Waals surface area contributed by atoms with E-state index in [1.165, 1.54) is 11.5 Å². The van der Waals surface area contributed by atoms with Gasteiger partial charge in [0, 0.05) is 12.5 Å². The van der Waals surface area contributed by atoms with Crippen LogP contribution >= 0.6 is 0 Å². The second kappa shape index (κ2) is 10.9. The van der Waals surface area contributed by atoms with Crippen LogP contribution in [0.1, 0.15) is 33.2 Å². The maximum absolute atomic E-state index is 13.9. The van der Waals surface area contributed by atoms with Gasteiger partial charge in [-0.2, -0.15) is 0 Å². The lowest BCUT2D eigenvalue weighted by molar-refractivity contribution is -0.119. The third-order valence-electron chi connectivity index (χ3n) is 5.73. The van der Waals surface area contributed by atoms with E-state index in [9.17, 15) is 14.4 Å². The summed E-state index contributed by atoms with van der Waals surface area (Å²) in [5.41, 5.74) is 2.32. The second-order valence-corrected chi connectivity index (χ2v) is 8.19. The van der Waals surface area contributed by atoms with Crippen LogP contribution in [0.15, 0.2) is 77.6 Å². The molecule has 8 heteroatoms. The number of aromatic nitrogens is 2. The number of hydrogen-bond donors (Lipinski definition) is 2. The fourth-order valence-corrected chi connectivity index (χ4v) is 4.18. The van der Waals surface area contributed by atoms with Crippen LogP contribution in [-0.2, 0) is 9.59 Å². The molecule has 4 rings (SSSR count). The molecule has 0 radical (unpaired) electrons. The van der Waals surface area contributed by atoms with Gasteiger partial charge in [0.05, 0.1) is 29.0 Å². The van der Waals surface area contributed by atoms with E-state index in [-0.39, 0.29) is 17.5 Å². The molecule has 2 N–H and O–H groups in total. The molecule has 0 aliphatic carbocycles. The number of anilines is 2. The SMILES string of the molecule is CCOc1ccccc1NC(=O)C(CC)n1c(=O)c(-c2ccccc2NC(C)=O)nc2ccccc21. The van der Waals surface area contributed by atoms with Crippen LogP contribution in [0.2, 0.25) is 0 Å². The molecule has 2 amide bonds. The van der Waals surface area contributed by atoms with E-state index in [0.29, 0.717) is 46.7 Å². The zero-order chi connectivity index (χ0) is 25.7. The Morgan fingerprint density at radius 2 is 1.58 bits per heavy atom. The predicted octanol–water partition coefficient (Wildman–Crippen LogP) is 5.01. The Morgan fingerprint density at radius 1 is 0.917 bits per heavy atom. The topological polar surface area (TPSA) is 102 Å². The number of carbonyl (C=O) groups excluding carboxylic acids is 2. The first-order chi connectivity index (χ1) is 17.4. The van der Waals surface area contributed by atoms with Crippen molar-refractivity contribution in [2.24, 2.45) is 0 Å². The molecule has 3 aromatic carbocycles. The summed E-state index contributed by atoms with van der Waals surface area (Å²) in [5, 5.41) is 5.70. The summed E-state index contributed by atoms with van der Waals surface area (Å²) >= 11 is 0. The van der Waals surface area contributed by atoms with E-state index in [2.05, 4.69) is 15.6 Å². The largest absolute Gasteiger partial charge is 0.492 e. The fraction of sp³-hybridized carbons (Fsp3) is 0.214. The third kappa shape index (κ3) is 4.98. The minimum absolute atomic E-state index is 0.152. The first kappa shape index (κ1) is 24.7. The summed E-state index contributed by atoms with van der Waals surface area (Å²) < 4.78 is 7.13. The van der Waals surface area contributed by atoms with Crippen LogP contribution in [0.4, 0.5) is 11.4 Å². The van der Waals surface area contributed by atoms with Crippen molar-refractivity contribution in [3.8, 4) is 17.0 Å². The molecule has 0 saturated carbocycles. The third-order valence-corrected chi connectivity index (χ3v) is 5.73. The van der Waals surface area contributed by atoms with Crippen molar-refractivity contribution in [1.82, 2.24) is 9.55 Å². The molecule has 4 aromatic rings. The van der Waals surface area contributed by atoms with Gasteiger partial charge in [0.25, 0.3) is 5.56 Å². The molecule has 0 fully saturated rings.